The van der Waals surface area contributed by atoms with Gasteiger partial charge in [-0.1, -0.05) is 12.1 Å². The summed E-state index contributed by atoms with van der Waals surface area (Å²) in [6.45, 7) is 2.77. The van der Waals surface area contributed by atoms with Gasteiger partial charge in [0.25, 0.3) is 5.91 Å². The van der Waals surface area contributed by atoms with Gasteiger partial charge in [0.2, 0.25) is 5.91 Å². The molecule has 4 amide bonds. The molecule has 2 aromatic rings. The maximum atomic E-state index is 13.3. The Bertz CT molecular complexity index is 1130. The number of likely N-dealkylation sites (N-methyl/N-ethyl adjacent to an activating group) is 1. The largest absolute Gasteiger partial charge is 0.490 e. The van der Waals surface area contributed by atoms with Gasteiger partial charge in [-0.15, -0.1) is 0 Å². The number of halogens is 1. The molecule has 3 N–H and O–H groups in total. The standard InChI is InChI=1S/C26H31FN4O5/c1-3-28-26(34)30-18-7-10-22-20(12-18)25(33)31(2)21-9-8-19(36-23(21)15-35-22)13-24(32)29-14-16-5-4-6-17(27)11-16/h4-7,10-12,19,21,23H,3,8-9,13-15H2,1-2H3,(H,29,32)(H2,28,30,34)/t19-,21-,23+/m0/s1. The highest BCUT2D eigenvalue weighted by Crippen LogP contribution is 2.32. The lowest BCUT2D eigenvalue weighted by atomic mass is 9.94. The van der Waals surface area contributed by atoms with Crippen molar-refractivity contribution in [2.24, 2.45) is 0 Å². The summed E-state index contributed by atoms with van der Waals surface area (Å²) in [6, 6.07) is 10.5. The van der Waals surface area contributed by atoms with E-state index in [9.17, 15) is 18.8 Å². The number of anilines is 1. The summed E-state index contributed by atoms with van der Waals surface area (Å²) < 4.78 is 25.5. The Balaban J connectivity index is 1.37. The van der Waals surface area contributed by atoms with Gasteiger partial charge in [0, 0.05) is 25.8 Å². The zero-order chi connectivity index (χ0) is 25.7. The third-order valence-electron chi connectivity index (χ3n) is 6.40. The number of nitrogens with one attached hydrogen (secondary N) is 3. The molecule has 2 aromatic carbocycles. The van der Waals surface area contributed by atoms with E-state index in [1.807, 2.05) is 6.92 Å². The number of hydrogen-bond donors (Lipinski definition) is 3. The summed E-state index contributed by atoms with van der Waals surface area (Å²) in [5.74, 6) is -0.349. The molecule has 10 heteroatoms. The minimum absolute atomic E-state index is 0.168. The van der Waals surface area contributed by atoms with E-state index in [1.54, 1.807) is 42.3 Å². The summed E-state index contributed by atoms with van der Waals surface area (Å²) in [5, 5.41) is 8.17. The Kier molecular flexibility index (Phi) is 8.04. The highest BCUT2D eigenvalue weighted by Gasteiger charge is 2.39. The van der Waals surface area contributed by atoms with Crippen LogP contribution in [0.5, 0.6) is 5.75 Å². The van der Waals surface area contributed by atoms with Crippen molar-refractivity contribution in [2.75, 3.05) is 25.5 Å². The molecule has 0 spiro atoms. The number of urea groups is 1. The molecule has 2 aliphatic rings. The number of carbonyl (C=O) groups is 3. The number of amides is 4. The molecule has 192 valence electrons. The molecule has 0 saturated carbocycles. The Morgan fingerprint density at radius 3 is 2.75 bits per heavy atom. The van der Waals surface area contributed by atoms with E-state index >= 15 is 0 Å². The first-order valence-electron chi connectivity index (χ1n) is 12.1. The van der Waals surface area contributed by atoms with Gasteiger partial charge >= 0.3 is 6.03 Å². The van der Waals surface area contributed by atoms with Crippen LogP contribution in [0.15, 0.2) is 42.5 Å². The highest BCUT2D eigenvalue weighted by atomic mass is 19.1. The summed E-state index contributed by atoms with van der Waals surface area (Å²) in [4.78, 5) is 39.3. The smallest absolute Gasteiger partial charge is 0.319 e. The predicted molar refractivity (Wildman–Crippen MR) is 131 cm³/mol. The van der Waals surface area contributed by atoms with Crippen LogP contribution in [0, 0.1) is 5.82 Å². The van der Waals surface area contributed by atoms with E-state index in [0.29, 0.717) is 42.0 Å². The average molecular weight is 499 g/mol. The van der Waals surface area contributed by atoms with Gasteiger partial charge in [-0.25, -0.2) is 9.18 Å². The molecule has 36 heavy (non-hydrogen) atoms. The summed E-state index contributed by atoms with van der Waals surface area (Å²) in [7, 11) is 1.73. The fourth-order valence-electron chi connectivity index (χ4n) is 4.57. The molecule has 2 heterocycles. The third kappa shape index (κ3) is 6.12. The van der Waals surface area contributed by atoms with Crippen LogP contribution >= 0.6 is 0 Å². The van der Waals surface area contributed by atoms with E-state index in [0.717, 1.165) is 0 Å². The van der Waals surface area contributed by atoms with E-state index in [2.05, 4.69) is 16.0 Å². The number of ether oxygens (including phenoxy) is 2. The molecule has 0 aliphatic carbocycles. The molecule has 0 radical (unpaired) electrons. The van der Waals surface area contributed by atoms with Crippen molar-refractivity contribution in [3.63, 3.8) is 0 Å². The van der Waals surface area contributed by atoms with Crippen LogP contribution in [-0.2, 0) is 16.1 Å². The van der Waals surface area contributed by atoms with Crippen molar-refractivity contribution in [3.8, 4) is 5.75 Å². The van der Waals surface area contributed by atoms with Crippen LogP contribution in [0.25, 0.3) is 0 Å². The number of carbonyl (C=O) groups excluding carboxylic acids is 3. The first-order chi connectivity index (χ1) is 17.3. The first-order valence-corrected chi connectivity index (χ1v) is 12.1. The minimum atomic E-state index is -0.394. The van der Waals surface area contributed by atoms with Gasteiger partial charge in [-0.2, -0.15) is 0 Å². The van der Waals surface area contributed by atoms with Gasteiger partial charge in [0.05, 0.1) is 24.1 Å². The van der Waals surface area contributed by atoms with Crippen LogP contribution in [0.2, 0.25) is 0 Å². The molecule has 2 aliphatic heterocycles. The number of rotatable bonds is 6. The highest BCUT2D eigenvalue weighted by molar-refractivity contribution is 5.99. The second kappa shape index (κ2) is 11.4. The number of hydrogen-bond acceptors (Lipinski definition) is 5. The van der Waals surface area contributed by atoms with Crippen molar-refractivity contribution in [3.05, 3.63) is 59.4 Å². The lowest BCUT2D eigenvalue weighted by Gasteiger charge is -2.42. The molecule has 0 unspecified atom stereocenters. The van der Waals surface area contributed by atoms with Gasteiger partial charge in [0.15, 0.2) is 0 Å². The third-order valence-corrected chi connectivity index (χ3v) is 6.40. The van der Waals surface area contributed by atoms with Gasteiger partial charge in [-0.3, -0.25) is 9.59 Å². The molecule has 9 nitrogen and oxygen atoms in total. The molecule has 1 saturated heterocycles. The average Bonchev–Trinajstić information content (AvgIpc) is 2.85. The summed E-state index contributed by atoms with van der Waals surface area (Å²) in [5.41, 5.74) is 1.54. The molecule has 4 rings (SSSR count). The molecule has 0 bridgehead atoms. The fraction of sp³-hybridized carbons (Fsp3) is 0.423. The molecular formula is C26H31FN4O5. The Labute approximate surface area is 209 Å². The predicted octanol–water partition coefficient (Wildman–Crippen LogP) is 3.05. The topological polar surface area (TPSA) is 109 Å². The number of nitrogens with zero attached hydrogens (tertiary/aromatic N) is 1. The fourth-order valence-corrected chi connectivity index (χ4v) is 4.57. The maximum absolute atomic E-state index is 13.3. The Morgan fingerprint density at radius 2 is 1.97 bits per heavy atom. The van der Waals surface area contributed by atoms with Crippen LogP contribution < -0.4 is 20.7 Å². The van der Waals surface area contributed by atoms with Crippen molar-refractivity contribution >= 4 is 23.5 Å². The summed E-state index contributed by atoms with van der Waals surface area (Å²) >= 11 is 0. The van der Waals surface area contributed by atoms with E-state index < -0.39 is 6.10 Å². The number of benzene rings is 2. The Morgan fingerprint density at radius 1 is 1.14 bits per heavy atom. The van der Waals surface area contributed by atoms with Crippen LogP contribution in [0.3, 0.4) is 0 Å². The zero-order valence-corrected chi connectivity index (χ0v) is 20.4. The minimum Gasteiger partial charge on any atom is -0.490 e. The molecule has 1 fully saturated rings. The lowest BCUT2D eigenvalue weighted by molar-refractivity contribution is -0.134. The maximum Gasteiger partial charge on any atom is 0.319 e. The van der Waals surface area contributed by atoms with Gasteiger partial charge < -0.3 is 30.3 Å². The molecule has 3 atom stereocenters. The van der Waals surface area contributed by atoms with Crippen molar-refractivity contribution in [1.82, 2.24) is 15.5 Å². The Hall–Kier alpha value is -3.66. The van der Waals surface area contributed by atoms with Crippen molar-refractivity contribution in [2.45, 2.75) is 51.0 Å². The second-order valence-electron chi connectivity index (χ2n) is 8.97. The van der Waals surface area contributed by atoms with Crippen LogP contribution in [0.1, 0.15) is 42.1 Å². The molecule has 0 aromatic heterocycles. The normalized spacial score (nSPS) is 21.2. The lowest BCUT2D eigenvalue weighted by Crippen LogP contribution is -2.53. The van der Waals surface area contributed by atoms with E-state index in [-0.39, 0.29) is 55.4 Å². The quantitative estimate of drug-likeness (QED) is 0.567. The van der Waals surface area contributed by atoms with Gasteiger partial charge in [-0.05, 0) is 55.7 Å². The molecular weight excluding hydrogens is 467 g/mol. The van der Waals surface area contributed by atoms with Crippen molar-refractivity contribution in [1.29, 1.82) is 0 Å². The second-order valence-corrected chi connectivity index (χ2v) is 8.97. The van der Waals surface area contributed by atoms with E-state index in [4.69, 9.17) is 9.47 Å². The monoisotopic (exact) mass is 498 g/mol. The van der Waals surface area contributed by atoms with Gasteiger partial charge in [0.1, 0.15) is 24.3 Å². The van der Waals surface area contributed by atoms with Crippen molar-refractivity contribution < 1.29 is 28.2 Å². The van der Waals surface area contributed by atoms with Crippen LogP contribution in [0.4, 0.5) is 14.9 Å². The van der Waals surface area contributed by atoms with Crippen LogP contribution in [-0.4, -0.2) is 61.2 Å². The first kappa shape index (κ1) is 25.4. The SMILES string of the molecule is CCNC(=O)Nc1ccc2c(c1)C(=O)N(C)[C@H]1CC[C@@H](CC(=O)NCc3cccc(F)c3)O[C@@H]1CO2. The number of fused-ring (bicyclic) bond motifs is 2. The zero-order valence-electron chi connectivity index (χ0n) is 20.4. The summed E-state index contributed by atoms with van der Waals surface area (Å²) in [6.07, 6.45) is 0.729. The van der Waals surface area contributed by atoms with E-state index in [1.165, 1.54) is 12.1 Å².